The minimum atomic E-state index is 0.432. The van der Waals surface area contributed by atoms with Crippen LogP contribution in [0.15, 0.2) is 12.4 Å². The first-order chi connectivity index (χ1) is 9.63. The third kappa shape index (κ3) is 3.04. The maximum Gasteiger partial charge on any atom is 0.188 e. The molecule has 1 saturated carbocycles. The van der Waals surface area contributed by atoms with Crippen molar-refractivity contribution in [3.63, 3.8) is 0 Å². The highest BCUT2D eigenvalue weighted by atomic mass is 32.1. The Morgan fingerprint density at radius 3 is 2.60 bits per heavy atom. The molecular formula is C15H20N4S. The van der Waals surface area contributed by atoms with Crippen molar-refractivity contribution in [2.24, 2.45) is 0 Å². The van der Waals surface area contributed by atoms with Crippen molar-refractivity contribution < 1.29 is 0 Å². The summed E-state index contributed by atoms with van der Waals surface area (Å²) >= 11 is 1.72. The predicted molar refractivity (Wildman–Crippen MR) is 81.8 cm³/mol. The van der Waals surface area contributed by atoms with Crippen molar-refractivity contribution in [2.75, 3.05) is 0 Å². The third-order valence-electron chi connectivity index (χ3n) is 3.38. The molecule has 0 amide bonds. The zero-order valence-electron chi connectivity index (χ0n) is 12.2. The minimum Gasteiger partial charge on any atom is -0.309 e. The van der Waals surface area contributed by atoms with Gasteiger partial charge in [0.1, 0.15) is 0 Å². The van der Waals surface area contributed by atoms with E-state index in [1.807, 2.05) is 19.3 Å². The van der Waals surface area contributed by atoms with Crippen LogP contribution in [0, 0.1) is 6.92 Å². The minimum absolute atomic E-state index is 0.432. The molecule has 1 fully saturated rings. The largest absolute Gasteiger partial charge is 0.309 e. The molecule has 5 heteroatoms. The van der Waals surface area contributed by atoms with Gasteiger partial charge in [0.05, 0.1) is 5.69 Å². The second kappa shape index (κ2) is 5.58. The Labute approximate surface area is 123 Å². The second-order valence-corrected chi connectivity index (χ2v) is 6.80. The average Bonchev–Trinajstić information content (AvgIpc) is 3.15. The smallest absolute Gasteiger partial charge is 0.188 e. The highest BCUT2D eigenvalue weighted by Gasteiger charge is 2.22. The summed E-state index contributed by atoms with van der Waals surface area (Å²) in [6, 6.07) is 0.719. The zero-order valence-corrected chi connectivity index (χ0v) is 13.0. The van der Waals surface area contributed by atoms with Crippen LogP contribution in [-0.4, -0.2) is 21.0 Å². The van der Waals surface area contributed by atoms with Gasteiger partial charge in [0, 0.05) is 29.9 Å². The van der Waals surface area contributed by atoms with Crippen LogP contribution in [0.2, 0.25) is 0 Å². The highest BCUT2D eigenvalue weighted by Crippen LogP contribution is 2.31. The summed E-state index contributed by atoms with van der Waals surface area (Å²) < 4.78 is 0. The molecule has 2 heterocycles. The molecule has 0 unspecified atom stereocenters. The van der Waals surface area contributed by atoms with Crippen molar-refractivity contribution in [1.82, 2.24) is 20.3 Å². The second-order valence-electron chi connectivity index (χ2n) is 5.72. The lowest BCUT2D eigenvalue weighted by atomic mass is 10.1. The Hall–Kier alpha value is -1.33. The van der Waals surface area contributed by atoms with Gasteiger partial charge in [0.15, 0.2) is 10.8 Å². The van der Waals surface area contributed by atoms with Gasteiger partial charge in [-0.05, 0) is 31.2 Å². The van der Waals surface area contributed by atoms with Crippen molar-refractivity contribution in [3.05, 3.63) is 28.5 Å². The van der Waals surface area contributed by atoms with E-state index >= 15 is 0 Å². The van der Waals surface area contributed by atoms with Gasteiger partial charge < -0.3 is 5.32 Å². The van der Waals surface area contributed by atoms with Crippen molar-refractivity contribution in [3.8, 4) is 10.8 Å². The summed E-state index contributed by atoms with van der Waals surface area (Å²) in [5.74, 6) is 1.17. The number of aryl methyl sites for hydroxylation is 1. The molecule has 0 aromatic carbocycles. The van der Waals surface area contributed by atoms with E-state index in [1.165, 1.54) is 23.4 Å². The normalized spacial score (nSPS) is 15.0. The molecule has 0 aliphatic heterocycles. The number of hydrogen-bond donors (Lipinski definition) is 1. The van der Waals surface area contributed by atoms with Gasteiger partial charge in [-0.25, -0.2) is 15.0 Å². The third-order valence-corrected chi connectivity index (χ3v) is 4.44. The van der Waals surface area contributed by atoms with Crippen LogP contribution in [0.3, 0.4) is 0 Å². The summed E-state index contributed by atoms with van der Waals surface area (Å²) in [4.78, 5) is 14.9. The van der Waals surface area contributed by atoms with Crippen LogP contribution in [0.25, 0.3) is 10.8 Å². The quantitative estimate of drug-likeness (QED) is 0.917. The molecule has 0 spiro atoms. The number of rotatable bonds is 5. The van der Waals surface area contributed by atoms with Gasteiger partial charge >= 0.3 is 0 Å². The number of aromatic nitrogens is 3. The van der Waals surface area contributed by atoms with E-state index < -0.39 is 0 Å². The lowest BCUT2D eigenvalue weighted by Gasteiger charge is -2.05. The molecule has 0 bridgehead atoms. The summed E-state index contributed by atoms with van der Waals surface area (Å²) in [5.41, 5.74) is 2.26. The Kier molecular flexibility index (Phi) is 3.81. The SMILES string of the molecule is Cc1cnc(-c2nc(C(C)C)c(CNC3CC3)s2)nc1. The van der Waals surface area contributed by atoms with Crippen LogP contribution in [-0.2, 0) is 6.54 Å². The molecule has 4 nitrogen and oxygen atoms in total. The first-order valence-corrected chi connectivity index (χ1v) is 7.97. The molecule has 0 radical (unpaired) electrons. The van der Waals surface area contributed by atoms with E-state index in [0.29, 0.717) is 5.92 Å². The number of thiazole rings is 1. The Morgan fingerprint density at radius 1 is 1.30 bits per heavy atom. The predicted octanol–water partition coefficient (Wildman–Crippen LogP) is 3.28. The first kappa shape index (κ1) is 13.6. The van der Waals surface area contributed by atoms with E-state index in [1.54, 1.807) is 11.3 Å². The number of nitrogens with one attached hydrogen (secondary N) is 1. The molecular weight excluding hydrogens is 268 g/mol. The molecule has 0 saturated heterocycles. The first-order valence-electron chi connectivity index (χ1n) is 7.15. The van der Waals surface area contributed by atoms with Gasteiger partial charge in [-0.1, -0.05) is 13.8 Å². The lowest BCUT2D eigenvalue weighted by Crippen LogP contribution is -2.15. The molecule has 1 aliphatic carbocycles. The molecule has 1 aliphatic rings. The maximum absolute atomic E-state index is 4.76. The average molecular weight is 288 g/mol. The monoisotopic (exact) mass is 288 g/mol. The van der Waals surface area contributed by atoms with Crippen molar-refractivity contribution >= 4 is 11.3 Å². The fraction of sp³-hybridized carbons (Fsp3) is 0.533. The fourth-order valence-electron chi connectivity index (χ4n) is 2.06. The standard InChI is InChI=1S/C15H20N4S/c1-9(2)13-12(8-16-11-4-5-11)20-15(19-13)14-17-6-10(3)7-18-14/h6-7,9,11,16H,4-5,8H2,1-3H3. The number of hydrogen-bond acceptors (Lipinski definition) is 5. The molecule has 2 aromatic heterocycles. The van der Waals surface area contributed by atoms with Crippen LogP contribution in [0.5, 0.6) is 0 Å². The van der Waals surface area contributed by atoms with Crippen molar-refractivity contribution in [2.45, 2.75) is 52.1 Å². The van der Waals surface area contributed by atoms with Gasteiger partial charge in [0.2, 0.25) is 0 Å². The maximum atomic E-state index is 4.76. The molecule has 1 N–H and O–H groups in total. The van der Waals surface area contributed by atoms with Crippen LogP contribution < -0.4 is 5.32 Å². The molecule has 0 atom stereocenters. The summed E-state index contributed by atoms with van der Waals surface area (Å²) in [6.45, 7) is 7.29. The van der Waals surface area contributed by atoms with Gasteiger partial charge in [0.25, 0.3) is 0 Å². The van der Waals surface area contributed by atoms with Crippen LogP contribution in [0.1, 0.15) is 48.7 Å². The highest BCUT2D eigenvalue weighted by molar-refractivity contribution is 7.15. The van der Waals surface area contributed by atoms with E-state index in [-0.39, 0.29) is 0 Å². The van der Waals surface area contributed by atoms with Gasteiger partial charge in [-0.2, -0.15) is 0 Å². The van der Waals surface area contributed by atoms with Gasteiger partial charge in [-0.3, -0.25) is 0 Å². The summed E-state index contributed by atoms with van der Waals surface area (Å²) in [6.07, 6.45) is 6.31. The van der Waals surface area contributed by atoms with E-state index in [2.05, 4.69) is 29.1 Å². The van der Waals surface area contributed by atoms with Crippen LogP contribution in [0.4, 0.5) is 0 Å². The van der Waals surface area contributed by atoms with E-state index in [0.717, 1.165) is 29.0 Å². The topological polar surface area (TPSA) is 50.7 Å². The Morgan fingerprint density at radius 2 is 2.00 bits per heavy atom. The molecule has 3 rings (SSSR count). The van der Waals surface area contributed by atoms with E-state index in [9.17, 15) is 0 Å². The Balaban J connectivity index is 1.86. The fourth-order valence-corrected chi connectivity index (χ4v) is 3.18. The lowest BCUT2D eigenvalue weighted by molar-refractivity contribution is 0.681. The van der Waals surface area contributed by atoms with E-state index in [4.69, 9.17) is 4.98 Å². The number of nitrogens with zero attached hydrogens (tertiary/aromatic N) is 3. The molecule has 2 aromatic rings. The van der Waals surface area contributed by atoms with Crippen molar-refractivity contribution in [1.29, 1.82) is 0 Å². The summed E-state index contributed by atoms with van der Waals surface area (Å²) in [5, 5.41) is 4.50. The molecule has 106 valence electrons. The van der Waals surface area contributed by atoms with Gasteiger partial charge in [-0.15, -0.1) is 11.3 Å². The summed E-state index contributed by atoms with van der Waals surface area (Å²) in [7, 11) is 0. The Bertz CT molecular complexity index is 584. The molecule has 20 heavy (non-hydrogen) atoms. The van der Waals surface area contributed by atoms with Crippen LogP contribution >= 0.6 is 11.3 Å². The zero-order chi connectivity index (χ0) is 14.1.